The maximum Gasteiger partial charge on any atom is 0.0877 e. The first-order valence-electron chi connectivity index (χ1n) is 13.5. The maximum absolute atomic E-state index is 6.30. The van der Waals surface area contributed by atoms with Crippen LogP contribution in [0, 0.1) is 0 Å². The lowest BCUT2D eigenvalue weighted by Gasteiger charge is -2.30. The molecule has 0 fully saturated rings. The zero-order chi connectivity index (χ0) is 25.2. The topological polar surface area (TPSA) is 9.23 Å². The monoisotopic (exact) mass is 476 g/mol. The Morgan fingerprint density at radius 3 is 1.42 bits per heavy atom. The van der Waals surface area contributed by atoms with E-state index < -0.39 is 0 Å². The third kappa shape index (κ3) is 6.95. The molecule has 0 bridgehead atoms. The first-order valence-corrected chi connectivity index (χ1v) is 13.5. The average Bonchev–Trinajstić information content (AvgIpc) is 2.91. The predicted molar refractivity (Wildman–Crippen MR) is 153 cm³/mol. The SMILES string of the molecule is CCOC(C)(C)c1ccc(CCc2ccccc2)c(CCc2ccccc2)c1CCc1ccccc1. The molecule has 4 aromatic carbocycles. The Kier molecular flexibility index (Phi) is 9.14. The number of benzene rings is 4. The standard InChI is InChI=1S/C35H40O/c1-4-36-35(2,3)34-27-24-31(23-20-28-14-8-5-9-15-28)32(25-21-29-16-10-6-11-17-29)33(34)26-22-30-18-12-7-13-19-30/h5-19,24,27H,4,20-23,25-26H2,1-3H3. The van der Waals surface area contributed by atoms with Crippen LogP contribution in [0.5, 0.6) is 0 Å². The van der Waals surface area contributed by atoms with Gasteiger partial charge in [0.1, 0.15) is 0 Å². The van der Waals surface area contributed by atoms with Crippen LogP contribution in [-0.4, -0.2) is 6.61 Å². The molecule has 0 aliphatic carbocycles. The van der Waals surface area contributed by atoms with E-state index in [1.807, 2.05) is 0 Å². The third-order valence-corrected chi connectivity index (χ3v) is 7.22. The Labute approximate surface area is 218 Å². The van der Waals surface area contributed by atoms with Crippen molar-refractivity contribution in [2.24, 2.45) is 0 Å². The molecule has 0 aliphatic heterocycles. The van der Waals surface area contributed by atoms with Gasteiger partial charge in [0.05, 0.1) is 5.60 Å². The maximum atomic E-state index is 6.30. The van der Waals surface area contributed by atoms with Gasteiger partial charge < -0.3 is 4.74 Å². The predicted octanol–water partition coefficient (Wildman–Crippen LogP) is 8.31. The molecule has 1 heteroatoms. The van der Waals surface area contributed by atoms with E-state index in [9.17, 15) is 0 Å². The quantitative estimate of drug-likeness (QED) is 0.200. The summed E-state index contributed by atoms with van der Waals surface area (Å²) in [6, 6.07) is 37.4. The second-order valence-corrected chi connectivity index (χ2v) is 10.1. The lowest BCUT2D eigenvalue weighted by Crippen LogP contribution is -2.25. The summed E-state index contributed by atoms with van der Waals surface area (Å²) in [4.78, 5) is 0. The highest BCUT2D eigenvalue weighted by atomic mass is 16.5. The van der Waals surface area contributed by atoms with Crippen molar-refractivity contribution in [1.29, 1.82) is 0 Å². The van der Waals surface area contributed by atoms with E-state index in [1.165, 1.54) is 38.9 Å². The van der Waals surface area contributed by atoms with Gasteiger partial charge in [-0.2, -0.15) is 0 Å². The molecule has 4 aromatic rings. The van der Waals surface area contributed by atoms with E-state index in [0.717, 1.165) is 38.5 Å². The fourth-order valence-corrected chi connectivity index (χ4v) is 5.33. The molecule has 0 heterocycles. The minimum atomic E-state index is -0.319. The smallest absolute Gasteiger partial charge is 0.0877 e. The summed E-state index contributed by atoms with van der Waals surface area (Å²) in [5.74, 6) is 0. The second kappa shape index (κ2) is 12.7. The molecule has 186 valence electrons. The Morgan fingerprint density at radius 1 is 0.500 bits per heavy atom. The van der Waals surface area contributed by atoms with Crippen molar-refractivity contribution in [2.45, 2.75) is 64.9 Å². The highest BCUT2D eigenvalue weighted by Gasteiger charge is 2.26. The molecular weight excluding hydrogens is 436 g/mol. The van der Waals surface area contributed by atoms with E-state index in [4.69, 9.17) is 4.74 Å². The fraction of sp³-hybridized carbons (Fsp3) is 0.314. The fourth-order valence-electron chi connectivity index (χ4n) is 5.33. The van der Waals surface area contributed by atoms with Gasteiger partial charge in [0.15, 0.2) is 0 Å². The normalized spacial score (nSPS) is 11.5. The van der Waals surface area contributed by atoms with Gasteiger partial charge >= 0.3 is 0 Å². The van der Waals surface area contributed by atoms with Crippen LogP contribution in [0.2, 0.25) is 0 Å². The first-order chi connectivity index (χ1) is 17.6. The minimum Gasteiger partial charge on any atom is -0.371 e. The van der Waals surface area contributed by atoms with Crippen LogP contribution in [0.4, 0.5) is 0 Å². The summed E-state index contributed by atoms with van der Waals surface area (Å²) in [5.41, 5.74) is 9.70. The van der Waals surface area contributed by atoms with E-state index in [1.54, 1.807) is 0 Å². The Morgan fingerprint density at radius 2 is 0.944 bits per heavy atom. The molecule has 0 saturated heterocycles. The van der Waals surface area contributed by atoms with E-state index >= 15 is 0 Å². The minimum absolute atomic E-state index is 0.319. The Hall–Kier alpha value is -3.16. The summed E-state index contributed by atoms with van der Waals surface area (Å²) in [6.07, 6.45) is 6.29. The number of ether oxygens (including phenoxy) is 1. The molecule has 0 spiro atoms. The molecule has 0 aromatic heterocycles. The van der Waals surface area contributed by atoms with Gasteiger partial charge in [0, 0.05) is 6.61 Å². The summed E-state index contributed by atoms with van der Waals surface area (Å²) in [5, 5.41) is 0. The zero-order valence-electron chi connectivity index (χ0n) is 22.2. The van der Waals surface area contributed by atoms with Gasteiger partial charge in [0.2, 0.25) is 0 Å². The van der Waals surface area contributed by atoms with Crippen LogP contribution in [0.3, 0.4) is 0 Å². The van der Waals surface area contributed by atoms with E-state index in [-0.39, 0.29) is 5.60 Å². The van der Waals surface area contributed by atoms with Crippen molar-refractivity contribution in [3.8, 4) is 0 Å². The summed E-state index contributed by atoms with van der Waals surface area (Å²) in [6.45, 7) is 7.25. The van der Waals surface area contributed by atoms with Crippen LogP contribution in [0.1, 0.15) is 59.7 Å². The summed E-state index contributed by atoms with van der Waals surface area (Å²) in [7, 11) is 0. The van der Waals surface area contributed by atoms with Crippen molar-refractivity contribution in [1.82, 2.24) is 0 Å². The molecule has 0 saturated carbocycles. The van der Waals surface area contributed by atoms with E-state index in [0.29, 0.717) is 6.61 Å². The van der Waals surface area contributed by atoms with Gasteiger partial charge in [-0.05, 0) is 98.2 Å². The number of hydrogen-bond acceptors (Lipinski definition) is 1. The van der Waals surface area contributed by atoms with Crippen molar-refractivity contribution in [3.63, 3.8) is 0 Å². The van der Waals surface area contributed by atoms with Crippen LogP contribution >= 0.6 is 0 Å². The molecule has 36 heavy (non-hydrogen) atoms. The average molecular weight is 477 g/mol. The molecule has 0 atom stereocenters. The molecule has 0 radical (unpaired) electrons. The first kappa shape index (κ1) is 25.9. The number of hydrogen-bond donors (Lipinski definition) is 0. The molecule has 1 nitrogen and oxygen atoms in total. The van der Waals surface area contributed by atoms with Crippen molar-refractivity contribution >= 4 is 0 Å². The van der Waals surface area contributed by atoms with Crippen LogP contribution in [0.15, 0.2) is 103 Å². The van der Waals surface area contributed by atoms with Gasteiger partial charge in [0.25, 0.3) is 0 Å². The van der Waals surface area contributed by atoms with E-state index in [2.05, 4.69) is 124 Å². The molecule has 0 aliphatic rings. The summed E-state index contributed by atoms with van der Waals surface area (Å²) < 4.78 is 6.30. The van der Waals surface area contributed by atoms with Crippen molar-refractivity contribution in [2.75, 3.05) is 6.61 Å². The van der Waals surface area contributed by atoms with Gasteiger partial charge in [-0.3, -0.25) is 0 Å². The van der Waals surface area contributed by atoms with Gasteiger partial charge in [-0.25, -0.2) is 0 Å². The zero-order valence-corrected chi connectivity index (χ0v) is 22.2. The molecule has 0 N–H and O–H groups in total. The van der Waals surface area contributed by atoms with Gasteiger partial charge in [-0.1, -0.05) is 103 Å². The van der Waals surface area contributed by atoms with Crippen LogP contribution in [0.25, 0.3) is 0 Å². The molecule has 0 amide bonds. The third-order valence-electron chi connectivity index (χ3n) is 7.22. The largest absolute Gasteiger partial charge is 0.371 e. The van der Waals surface area contributed by atoms with Crippen LogP contribution in [-0.2, 0) is 48.9 Å². The lowest BCUT2D eigenvalue weighted by atomic mass is 9.82. The van der Waals surface area contributed by atoms with Crippen LogP contribution < -0.4 is 0 Å². The molecule has 0 unspecified atom stereocenters. The summed E-state index contributed by atoms with van der Waals surface area (Å²) >= 11 is 0. The molecular formula is C35H40O. The van der Waals surface area contributed by atoms with Crippen molar-refractivity contribution in [3.05, 3.63) is 142 Å². The molecule has 4 rings (SSSR count). The highest BCUT2D eigenvalue weighted by Crippen LogP contribution is 2.34. The lowest BCUT2D eigenvalue weighted by molar-refractivity contribution is -0.0147. The highest BCUT2D eigenvalue weighted by molar-refractivity contribution is 5.45. The Balaban J connectivity index is 1.73. The van der Waals surface area contributed by atoms with Crippen molar-refractivity contribution < 1.29 is 4.74 Å². The van der Waals surface area contributed by atoms with Gasteiger partial charge in [-0.15, -0.1) is 0 Å². The number of aryl methyl sites for hydroxylation is 4. The Bertz CT molecular complexity index is 1190. The second-order valence-electron chi connectivity index (χ2n) is 10.1. The number of rotatable bonds is 12.